The Labute approximate surface area is 265 Å². The van der Waals surface area contributed by atoms with Gasteiger partial charge in [0.2, 0.25) is 0 Å². The first kappa shape index (κ1) is 38.5. The van der Waals surface area contributed by atoms with Crippen molar-refractivity contribution >= 4 is 17.7 Å². The number of aromatic carboxylic acids is 1. The minimum absolute atomic E-state index is 0.00476. The van der Waals surface area contributed by atoms with Crippen LogP contribution in [-0.4, -0.2) is 35.5 Å². The van der Waals surface area contributed by atoms with Gasteiger partial charge in [0, 0.05) is 13.0 Å². The second-order valence-corrected chi connectivity index (χ2v) is 11.2. The first-order chi connectivity index (χ1) is 21.3. The van der Waals surface area contributed by atoms with Gasteiger partial charge in [-0.15, -0.1) is 0 Å². The minimum Gasteiger partial charge on any atom is -0.478 e. The fourth-order valence-electron chi connectivity index (χ4n) is 4.53. The van der Waals surface area contributed by atoms with Gasteiger partial charge in [-0.25, -0.2) is 4.79 Å². The predicted octanol–water partition coefficient (Wildman–Crippen LogP) is 9.63. The quantitative estimate of drug-likeness (QED) is 0.0545. The lowest BCUT2D eigenvalue weighted by Gasteiger charge is -2.21. The number of carbonyl (C=O) groups is 3. The summed E-state index contributed by atoms with van der Waals surface area (Å²) in [7, 11) is 0. The Hall–Kier alpha value is -3.51. The van der Waals surface area contributed by atoms with Crippen molar-refractivity contribution in [3.63, 3.8) is 0 Å². The van der Waals surface area contributed by atoms with E-state index in [-0.39, 0.29) is 29.4 Å². The van der Waals surface area contributed by atoms with Crippen LogP contribution in [0.15, 0.2) is 85.0 Å². The van der Waals surface area contributed by atoms with E-state index in [0.717, 1.165) is 51.4 Å². The molecule has 2 atom stereocenters. The maximum absolute atomic E-state index is 13.1. The molecule has 1 aromatic rings. The normalized spacial score (nSPS) is 13.7. The average Bonchev–Trinajstić information content (AvgIpc) is 2.99. The van der Waals surface area contributed by atoms with Gasteiger partial charge in [0.05, 0.1) is 5.92 Å². The number of ether oxygens (including phenoxy) is 2. The molecule has 0 aliphatic carbocycles. The molecule has 44 heavy (non-hydrogen) atoms. The van der Waals surface area contributed by atoms with Crippen LogP contribution in [0.2, 0.25) is 0 Å². The zero-order valence-corrected chi connectivity index (χ0v) is 27.3. The van der Waals surface area contributed by atoms with Gasteiger partial charge in [-0.1, -0.05) is 101 Å². The van der Waals surface area contributed by atoms with Crippen LogP contribution in [0.1, 0.15) is 109 Å². The van der Waals surface area contributed by atoms with Crippen LogP contribution < -0.4 is 4.74 Å². The van der Waals surface area contributed by atoms with Crippen molar-refractivity contribution in [1.82, 2.24) is 0 Å². The zero-order valence-electron chi connectivity index (χ0n) is 27.3. The van der Waals surface area contributed by atoms with Gasteiger partial charge in [0.1, 0.15) is 17.4 Å². The average molecular weight is 607 g/mol. The summed E-state index contributed by atoms with van der Waals surface area (Å²) < 4.78 is 11.4. The molecule has 1 rings (SSSR count). The number of hydrogen-bond donors (Lipinski definition) is 1. The molecule has 242 valence electrons. The van der Waals surface area contributed by atoms with E-state index in [9.17, 15) is 19.5 Å². The second kappa shape index (κ2) is 24.9. The summed E-state index contributed by atoms with van der Waals surface area (Å²) in [5.41, 5.74) is -0.0881. The van der Waals surface area contributed by atoms with Gasteiger partial charge in [-0.05, 0) is 82.3 Å². The SMILES string of the molecule is CC/C=C\C/C=C\C/C=C\C/C=C\C/C=C\CCCCO[C@H](CC)C(=O)CC(CC(C)C)C(=O)Oc1ccccc1C(=O)O. The van der Waals surface area contributed by atoms with Crippen LogP contribution in [-0.2, 0) is 14.3 Å². The molecule has 0 fully saturated rings. The highest BCUT2D eigenvalue weighted by molar-refractivity contribution is 5.93. The predicted molar refractivity (Wildman–Crippen MR) is 180 cm³/mol. The maximum Gasteiger partial charge on any atom is 0.339 e. The van der Waals surface area contributed by atoms with Gasteiger partial charge in [0.25, 0.3) is 0 Å². The number of carboxylic acid groups (broad SMARTS) is 1. The molecule has 0 radical (unpaired) electrons. The Bertz CT molecular complexity index is 1110. The summed E-state index contributed by atoms with van der Waals surface area (Å²) in [6, 6.07) is 6.02. The number of allylic oxidation sites excluding steroid dienone is 10. The minimum atomic E-state index is -1.18. The van der Waals surface area contributed by atoms with E-state index in [1.807, 2.05) is 20.8 Å². The fourth-order valence-corrected chi connectivity index (χ4v) is 4.53. The van der Waals surface area contributed by atoms with E-state index >= 15 is 0 Å². The topological polar surface area (TPSA) is 89.9 Å². The summed E-state index contributed by atoms with van der Waals surface area (Å²) in [5.74, 6) is -2.41. The number of carbonyl (C=O) groups excluding carboxylic acids is 2. The van der Waals surface area contributed by atoms with Crippen molar-refractivity contribution in [2.45, 2.75) is 104 Å². The van der Waals surface area contributed by atoms with E-state index in [1.54, 1.807) is 12.1 Å². The molecule has 0 aromatic heterocycles. The lowest BCUT2D eigenvalue weighted by atomic mass is 9.90. The molecule has 0 heterocycles. The highest BCUT2D eigenvalue weighted by Crippen LogP contribution is 2.24. The lowest BCUT2D eigenvalue weighted by Crippen LogP contribution is -2.31. The highest BCUT2D eigenvalue weighted by atomic mass is 16.5. The molecule has 1 unspecified atom stereocenters. The van der Waals surface area contributed by atoms with Crippen LogP contribution in [0.5, 0.6) is 5.75 Å². The molecular formula is C38H54O6. The van der Waals surface area contributed by atoms with Gasteiger partial charge in [0.15, 0.2) is 5.78 Å². The summed E-state index contributed by atoms with van der Waals surface area (Å²) >= 11 is 0. The summed E-state index contributed by atoms with van der Waals surface area (Å²) in [5, 5.41) is 9.39. The Morgan fingerprint density at radius 3 is 1.91 bits per heavy atom. The first-order valence-corrected chi connectivity index (χ1v) is 16.2. The van der Waals surface area contributed by atoms with Crippen molar-refractivity contribution in [3.05, 3.63) is 90.6 Å². The van der Waals surface area contributed by atoms with Crippen LogP contribution in [0.3, 0.4) is 0 Å². The van der Waals surface area contributed by atoms with Crippen molar-refractivity contribution in [2.75, 3.05) is 6.61 Å². The Balaban J connectivity index is 2.35. The number of benzene rings is 1. The third-order valence-electron chi connectivity index (χ3n) is 6.84. The third kappa shape index (κ3) is 18.2. The molecule has 0 saturated carbocycles. The number of para-hydroxylation sites is 1. The van der Waals surface area contributed by atoms with Gasteiger partial charge < -0.3 is 14.6 Å². The van der Waals surface area contributed by atoms with Crippen molar-refractivity contribution < 1.29 is 29.0 Å². The molecule has 0 aliphatic rings. The summed E-state index contributed by atoms with van der Waals surface area (Å²) in [4.78, 5) is 37.5. The van der Waals surface area contributed by atoms with Crippen LogP contribution >= 0.6 is 0 Å². The van der Waals surface area contributed by atoms with E-state index in [1.165, 1.54) is 12.1 Å². The monoisotopic (exact) mass is 606 g/mol. The van der Waals surface area contributed by atoms with Crippen LogP contribution in [0.4, 0.5) is 0 Å². The maximum atomic E-state index is 13.1. The van der Waals surface area contributed by atoms with Crippen molar-refractivity contribution in [3.8, 4) is 5.75 Å². The highest BCUT2D eigenvalue weighted by Gasteiger charge is 2.29. The molecule has 0 spiro atoms. The van der Waals surface area contributed by atoms with Crippen molar-refractivity contribution in [2.24, 2.45) is 11.8 Å². The number of hydrogen-bond acceptors (Lipinski definition) is 5. The molecular weight excluding hydrogens is 552 g/mol. The number of carboxylic acids is 1. The van der Waals surface area contributed by atoms with Crippen LogP contribution in [0, 0.1) is 11.8 Å². The molecule has 0 saturated heterocycles. The number of ketones is 1. The Morgan fingerprint density at radius 1 is 0.795 bits per heavy atom. The Morgan fingerprint density at radius 2 is 1.36 bits per heavy atom. The molecule has 0 bridgehead atoms. The molecule has 0 aliphatic heterocycles. The number of esters is 1. The van der Waals surface area contributed by atoms with Crippen LogP contribution in [0.25, 0.3) is 0 Å². The van der Waals surface area contributed by atoms with E-state index in [2.05, 4.69) is 67.7 Å². The summed E-state index contributed by atoms with van der Waals surface area (Å²) in [6.45, 7) is 8.48. The van der Waals surface area contributed by atoms with E-state index in [4.69, 9.17) is 9.47 Å². The fraction of sp³-hybridized carbons (Fsp3) is 0.500. The summed E-state index contributed by atoms with van der Waals surface area (Å²) in [6.07, 6.45) is 30.0. The van der Waals surface area contributed by atoms with Gasteiger partial charge >= 0.3 is 11.9 Å². The number of unbranched alkanes of at least 4 members (excludes halogenated alkanes) is 2. The largest absolute Gasteiger partial charge is 0.478 e. The smallest absolute Gasteiger partial charge is 0.339 e. The van der Waals surface area contributed by atoms with Gasteiger partial charge in [-0.2, -0.15) is 0 Å². The molecule has 6 nitrogen and oxygen atoms in total. The van der Waals surface area contributed by atoms with Crippen molar-refractivity contribution in [1.29, 1.82) is 0 Å². The zero-order chi connectivity index (χ0) is 32.4. The molecule has 1 aromatic carbocycles. The van der Waals surface area contributed by atoms with E-state index in [0.29, 0.717) is 19.4 Å². The molecule has 0 amide bonds. The van der Waals surface area contributed by atoms with E-state index < -0.39 is 24.0 Å². The Kier molecular flexibility index (Phi) is 21.8. The van der Waals surface area contributed by atoms with Gasteiger partial charge in [-0.3, -0.25) is 9.59 Å². The second-order valence-electron chi connectivity index (χ2n) is 11.2. The molecule has 6 heteroatoms. The lowest BCUT2D eigenvalue weighted by molar-refractivity contribution is -0.144. The standard InChI is InChI=1S/C38H54O6/c1-5-7-8-9-10-11-12-13-14-15-16-17-18-19-20-21-22-25-28-43-35(6-2)34(39)30-32(29-31(3)4)38(42)44-36-27-24-23-26-33(36)37(40)41/h7-8,10-11,13-14,16-17,19-20,23-24,26-27,31-32,35H,5-6,9,12,15,18,21-22,25,28-30H2,1-4H3,(H,40,41)/b8-7-,11-10-,14-13-,17-16-,20-19-/t32?,35-/m1/s1. The number of Topliss-reactive ketones (excluding diaryl/α,β-unsaturated/α-hetero) is 1. The molecule has 1 N–H and O–H groups in total. The number of rotatable bonds is 24. The third-order valence-corrected chi connectivity index (χ3v) is 6.84. The first-order valence-electron chi connectivity index (χ1n) is 16.2.